The molecule has 0 N–H and O–H groups in total. The summed E-state index contributed by atoms with van der Waals surface area (Å²) >= 11 is 0. The summed E-state index contributed by atoms with van der Waals surface area (Å²) in [5, 5.41) is 0. The number of hydrogen-bond acceptors (Lipinski definition) is 5. The van der Waals surface area contributed by atoms with E-state index in [0.29, 0.717) is 25.9 Å². The maximum absolute atomic E-state index is 12.5. The van der Waals surface area contributed by atoms with Crippen molar-refractivity contribution in [3.8, 4) is 0 Å². The minimum absolute atomic E-state index is 0.0442. The van der Waals surface area contributed by atoms with Gasteiger partial charge in [-0.05, 0) is 57.8 Å². The van der Waals surface area contributed by atoms with Crippen molar-refractivity contribution >= 4 is 11.9 Å². The zero-order valence-electron chi connectivity index (χ0n) is 34.1. The van der Waals surface area contributed by atoms with Gasteiger partial charge in [0.1, 0.15) is 6.61 Å². The Labute approximate surface area is 321 Å². The number of allylic oxidation sites excluding steroid dienone is 12. The average Bonchev–Trinajstić information content (AvgIpc) is 3.14. The molecule has 0 spiro atoms. The van der Waals surface area contributed by atoms with Crippen LogP contribution in [0.15, 0.2) is 72.9 Å². The van der Waals surface area contributed by atoms with Crippen LogP contribution in [0.25, 0.3) is 0 Å². The molecule has 0 radical (unpaired) electrons. The van der Waals surface area contributed by atoms with Crippen molar-refractivity contribution < 1.29 is 23.8 Å². The lowest BCUT2D eigenvalue weighted by molar-refractivity contribution is -0.162. The molecule has 1 unspecified atom stereocenters. The Balaban J connectivity index is 4.21. The van der Waals surface area contributed by atoms with E-state index in [1.165, 1.54) is 77.0 Å². The van der Waals surface area contributed by atoms with Crippen molar-refractivity contribution in [3.05, 3.63) is 72.9 Å². The number of esters is 2. The third kappa shape index (κ3) is 40.1. The van der Waals surface area contributed by atoms with Crippen LogP contribution in [0.1, 0.15) is 188 Å². The lowest BCUT2D eigenvalue weighted by Gasteiger charge is -2.18. The van der Waals surface area contributed by atoms with Crippen molar-refractivity contribution in [2.24, 2.45) is 0 Å². The van der Waals surface area contributed by atoms with Gasteiger partial charge in [0, 0.05) is 19.4 Å². The molecule has 5 nitrogen and oxygen atoms in total. The summed E-state index contributed by atoms with van der Waals surface area (Å²) < 4.78 is 17.1. The van der Waals surface area contributed by atoms with E-state index in [-0.39, 0.29) is 25.2 Å². The van der Waals surface area contributed by atoms with Gasteiger partial charge in [-0.3, -0.25) is 9.59 Å². The summed E-state index contributed by atoms with van der Waals surface area (Å²) in [6.45, 7) is 7.55. The third-order valence-corrected chi connectivity index (χ3v) is 8.77. The quantitative estimate of drug-likeness (QED) is 0.0360. The van der Waals surface area contributed by atoms with Crippen LogP contribution < -0.4 is 0 Å². The summed E-state index contributed by atoms with van der Waals surface area (Å²) in [4.78, 5) is 24.9. The standard InChI is InChI=1S/C47H80O5/c1-4-7-10-13-15-17-19-21-22-23-24-25-26-27-28-30-32-35-37-40-46(48)51-44-45(52-47(49)41-38-34-12-9-6-3)43-50-42-39-36-33-31-29-20-18-16-14-11-8-5-2/h7,10,15,17,21-22,24-25,27-28,32,35,45H,4-6,8-9,11-14,16,18-20,23,26,29-31,33-34,36-44H2,1-3H3/b10-7-,17-15-,22-21-,25-24-,28-27-,35-32-. The Morgan fingerprint density at radius 3 is 1.35 bits per heavy atom. The van der Waals surface area contributed by atoms with Crippen LogP contribution in [0.5, 0.6) is 0 Å². The van der Waals surface area contributed by atoms with E-state index in [0.717, 1.165) is 70.6 Å². The topological polar surface area (TPSA) is 61.8 Å². The van der Waals surface area contributed by atoms with Crippen LogP contribution in [0, 0.1) is 0 Å². The zero-order chi connectivity index (χ0) is 37.8. The number of hydrogen-bond donors (Lipinski definition) is 0. The highest BCUT2D eigenvalue weighted by molar-refractivity contribution is 5.70. The number of rotatable bonds is 38. The highest BCUT2D eigenvalue weighted by atomic mass is 16.6. The summed E-state index contributed by atoms with van der Waals surface area (Å²) in [6.07, 6.45) is 53.6. The Bertz CT molecular complexity index is 957. The first-order valence-electron chi connectivity index (χ1n) is 21.5. The molecular formula is C47H80O5. The van der Waals surface area contributed by atoms with Crippen molar-refractivity contribution in [2.45, 2.75) is 194 Å². The van der Waals surface area contributed by atoms with Gasteiger partial charge in [0.25, 0.3) is 0 Å². The minimum Gasteiger partial charge on any atom is -0.462 e. The summed E-state index contributed by atoms with van der Waals surface area (Å²) in [5.74, 6) is -0.509. The van der Waals surface area contributed by atoms with Gasteiger partial charge in [-0.1, -0.05) is 190 Å². The molecule has 298 valence electrons. The highest BCUT2D eigenvalue weighted by Crippen LogP contribution is 2.13. The first kappa shape index (κ1) is 49.3. The lowest BCUT2D eigenvalue weighted by atomic mass is 10.1. The SMILES string of the molecule is CC/C=C\C/C=C\C/C=C\C/C=C\C/C=C\C/C=C\CCC(=O)OCC(COCCCCCCCCCCCCCC)OC(=O)CCCCCCC. The zero-order valence-corrected chi connectivity index (χ0v) is 34.1. The van der Waals surface area contributed by atoms with Gasteiger partial charge in [-0.2, -0.15) is 0 Å². The molecule has 0 heterocycles. The summed E-state index contributed by atoms with van der Waals surface area (Å²) in [5.41, 5.74) is 0. The fraction of sp³-hybridized carbons (Fsp3) is 0.702. The molecule has 0 amide bonds. The Hall–Kier alpha value is -2.66. The number of unbranched alkanes of at least 4 members (excludes halogenated alkanes) is 15. The van der Waals surface area contributed by atoms with Gasteiger partial charge >= 0.3 is 11.9 Å². The molecule has 0 saturated carbocycles. The van der Waals surface area contributed by atoms with Gasteiger partial charge in [-0.25, -0.2) is 0 Å². The van der Waals surface area contributed by atoms with Gasteiger partial charge in [0.2, 0.25) is 0 Å². The van der Waals surface area contributed by atoms with Crippen molar-refractivity contribution in [2.75, 3.05) is 19.8 Å². The number of carbonyl (C=O) groups excluding carboxylic acids is 2. The smallest absolute Gasteiger partial charge is 0.306 e. The van der Waals surface area contributed by atoms with Gasteiger partial charge < -0.3 is 14.2 Å². The molecule has 1 atom stereocenters. The Morgan fingerprint density at radius 2 is 0.865 bits per heavy atom. The third-order valence-electron chi connectivity index (χ3n) is 8.77. The van der Waals surface area contributed by atoms with Crippen LogP contribution in [-0.4, -0.2) is 37.9 Å². The summed E-state index contributed by atoms with van der Waals surface area (Å²) in [7, 11) is 0. The fourth-order valence-electron chi connectivity index (χ4n) is 5.59. The molecule has 0 aliphatic rings. The minimum atomic E-state index is -0.560. The second-order valence-corrected chi connectivity index (χ2v) is 13.9. The van der Waals surface area contributed by atoms with E-state index in [2.05, 4.69) is 87.6 Å². The van der Waals surface area contributed by atoms with Gasteiger partial charge in [-0.15, -0.1) is 0 Å². The van der Waals surface area contributed by atoms with Crippen molar-refractivity contribution in [1.29, 1.82) is 0 Å². The largest absolute Gasteiger partial charge is 0.462 e. The molecule has 52 heavy (non-hydrogen) atoms. The van der Waals surface area contributed by atoms with Crippen LogP contribution in [0.3, 0.4) is 0 Å². The molecule has 0 aromatic heterocycles. The van der Waals surface area contributed by atoms with Crippen molar-refractivity contribution in [1.82, 2.24) is 0 Å². The number of carbonyl (C=O) groups is 2. The monoisotopic (exact) mass is 725 g/mol. The molecule has 0 saturated heterocycles. The second kappa shape index (κ2) is 42.8. The predicted octanol–water partition coefficient (Wildman–Crippen LogP) is 14.0. The molecule has 0 rings (SSSR count). The molecular weight excluding hydrogens is 645 g/mol. The van der Waals surface area contributed by atoms with E-state index in [9.17, 15) is 9.59 Å². The molecule has 0 aliphatic heterocycles. The molecule has 0 bridgehead atoms. The van der Waals surface area contributed by atoms with E-state index in [1.807, 2.05) is 6.08 Å². The maximum atomic E-state index is 12.5. The molecule has 0 fully saturated rings. The van der Waals surface area contributed by atoms with E-state index < -0.39 is 6.10 Å². The summed E-state index contributed by atoms with van der Waals surface area (Å²) in [6, 6.07) is 0. The normalized spacial score (nSPS) is 12.9. The first-order valence-corrected chi connectivity index (χ1v) is 21.5. The van der Waals surface area contributed by atoms with Crippen LogP contribution in [-0.2, 0) is 23.8 Å². The van der Waals surface area contributed by atoms with Crippen molar-refractivity contribution in [3.63, 3.8) is 0 Å². The predicted molar refractivity (Wildman–Crippen MR) is 224 cm³/mol. The van der Waals surface area contributed by atoms with Crippen LogP contribution in [0.4, 0.5) is 0 Å². The van der Waals surface area contributed by atoms with Crippen LogP contribution in [0.2, 0.25) is 0 Å². The molecule has 0 aromatic rings. The second-order valence-electron chi connectivity index (χ2n) is 13.9. The van der Waals surface area contributed by atoms with E-state index in [1.54, 1.807) is 0 Å². The first-order chi connectivity index (χ1) is 25.6. The van der Waals surface area contributed by atoms with Gasteiger partial charge in [0.05, 0.1) is 6.61 Å². The van der Waals surface area contributed by atoms with E-state index >= 15 is 0 Å². The van der Waals surface area contributed by atoms with Gasteiger partial charge in [0.15, 0.2) is 6.10 Å². The fourth-order valence-corrected chi connectivity index (χ4v) is 5.59. The molecule has 5 heteroatoms. The Morgan fingerprint density at radius 1 is 0.442 bits per heavy atom. The highest BCUT2D eigenvalue weighted by Gasteiger charge is 2.17. The molecule has 0 aromatic carbocycles. The Kier molecular flexibility index (Phi) is 40.6. The van der Waals surface area contributed by atoms with Crippen LogP contribution >= 0.6 is 0 Å². The average molecular weight is 725 g/mol. The van der Waals surface area contributed by atoms with E-state index in [4.69, 9.17) is 14.2 Å². The lowest BCUT2D eigenvalue weighted by Crippen LogP contribution is -2.30. The molecule has 0 aliphatic carbocycles. The maximum Gasteiger partial charge on any atom is 0.306 e. The number of ether oxygens (including phenoxy) is 3.